The maximum absolute atomic E-state index is 13.9. The highest BCUT2D eigenvalue weighted by Gasteiger charge is 2.37. The summed E-state index contributed by atoms with van der Waals surface area (Å²) in [5.41, 5.74) is -0.103. The smallest absolute Gasteiger partial charge is 0.239 e. The molecule has 0 N–H and O–H groups in total. The van der Waals surface area contributed by atoms with Crippen molar-refractivity contribution in [1.82, 2.24) is 4.98 Å². The number of halogens is 2. The first-order valence-corrected chi connectivity index (χ1v) is 7.02. The molecule has 102 valence electrons. The van der Waals surface area contributed by atoms with Crippen LogP contribution in [-0.2, 0) is 4.79 Å². The lowest BCUT2D eigenvalue weighted by atomic mass is 10.1. The molecule has 1 aromatic heterocycles. The average Bonchev–Trinajstić information content (AvgIpc) is 2.81. The van der Waals surface area contributed by atoms with E-state index in [2.05, 4.69) is 4.98 Å². The molecule has 0 aliphatic carbocycles. The maximum Gasteiger partial charge on any atom is 0.239 e. The van der Waals surface area contributed by atoms with Crippen LogP contribution in [-0.4, -0.2) is 16.6 Å². The number of carbonyl (C=O) groups excluding carboxylic acids is 1. The fraction of sp³-hybridized carbons (Fsp3) is 0.143. The van der Waals surface area contributed by atoms with Crippen LogP contribution in [0.5, 0.6) is 0 Å². The fourth-order valence-electron chi connectivity index (χ4n) is 2.13. The molecule has 3 nitrogen and oxygen atoms in total. The number of hydrogen-bond acceptors (Lipinski definition) is 3. The molecule has 2 aromatic rings. The molecule has 1 saturated heterocycles. The van der Waals surface area contributed by atoms with Crippen LogP contribution in [0.1, 0.15) is 10.9 Å². The van der Waals surface area contributed by atoms with Gasteiger partial charge in [-0.25, -0.2) is 13.8 Å². The first-order valence-electron chi connectivity index (χ1n) is 5.97. The van der Waals surface area contributed by atoms with Gasteiger partial charge in [0.05, 0.1) is 11.3 Å². The Morgan fingerprint density at radius 2 is 1.90 bits per heavy atom. The number of hydrogen-bond donors (Lipinski definition) is 0. The van der Waals surface area contributed by atoms with E-state index in [9.17, 15) is 13.6 Å². The summed E-state index contributed by atoms with van der Waals surface area (Å²) in [6, 6.07) is 8.79. The van der Waals surface area contributed by atoms with Crippen LogP contribution in [0.15, 0.2) is 42.6 Å². The van der Waals surface area contributed by atoms with E-state index in [1.54, 1.807) is 24.4 Å². The van der Waals surface area contributed by atoms with Crippen molar-refractivity contribution in [3.8, 4) is 0 Å². The van der Waals surface area contributed by atoms with Crippen molar-refractivity contribution in [2.75, 3.05) is 10.7 Å². The number of aromatic nitrogens is 1. The number of anilines is 1. The summed E-state index contributed by atoms with van der Waals surface area (Å²) in [5, 5.41) is -0.724. The SMILES string of the molecule is O=C1CS[C@@H](c2c(F)cccc2F)N1c1ccccn1. The van der Waals surface area contributed by atoms with E-state index in [0.29, 0.717) is 5.82 Å². The summed E-state index contributed by atoms with van der Waals surface area (Å²) >= 11 is 1.19. The molecule has 1 amide bonds. The van der Waals surface area contributed by atoms with E-state index >= 15 is 0 Å². The average molecular weight is 292 g/mol. The summed E-state index contributed by atoms with van der Waals surface area (Å²) in [5.74, 6) is -0.942. The Morgan fingerprint density at radius 3 is 2.55 bits per heavy atom. The van der Waals surface area contributed by atoms with Crippen LogP contribution < -0.4 is 4.90 Å². The summed E-state index contributed by atoms with van der Waals surface area (Å²) < 4.78 is 27.8. The second-order valence-electron chi connectivity index (χ2n) is 4.25. The fourth-order valence-corrected chi connectivity index (χ4v) is 3.33. The van der Waals surface area contributed by atoms with Crippen LogP contribution in [0, 0.1) is 11.6 Å². The van der Waals surface area contributed by atoms with Crippen molar-refractivity contribution < 1.29 is 13.6 Å². The number of amides is 1. The number of carbonyl (C=O) groups is 1. The molecule has 1 fully saturated rings. The molecule has 0 bridgehead atoms. The minimum atomic E-state index is -0.724. The van der Waals surface area contributed by atoms with Gasteiger partial charge in [-0.05, 0) is 24.3 Å². The lowest BCUT2D eigenvalue weighted by molar-refractivity contribution is -0.115. The zero-order valence-electron chi connectivity index (χ0n) is 10.3. The molecular formula is C14H10F2N2OS. The van der Waals surface area contributed by atoms with E-state index in [1.807, 2.05) is 0 Å². The van der Waals surface area contributed by atoms with Gasteiger partial charge in [0.2, 0.25) is 5.91 Å². The molecule has 1 aromatic carbocycles. The van der Waals surface area contributed by atoms with Crippen molar-refractivity contribution in [1.29, 1.82) is 0 Å². The van der Waals surface area contributed by atoms with E-state index in [-0.39, 0.29) is 17.2 Å². The molecule has 1 aliphatic heterocycles. The number of nitrogens with zero attached hydrogens (tertiary/aromatic N) is 2. The highest BCUT2D eigenvalue weighted by atomic mass is 32.2. The van der Waals surface area contributed by atoms with Crippen molar-refractivity contribution in [2.24, 2.45) is 0 Å². The Labute approximate surface area is 118 Å². The minimum Gasteiger partial charge on any atom is -0.279 e. The molecule has 0 radical (unpaired) electrons. The van der Waals surface area contributed by atoms with Gasteiger partial charge in [0.1, 0.15) is 22.8 Å². The van der Waals surface area contributed by atoms with Crippen molar-refractivity contribution in [2.45, 2.75) is 5.37 Å². The monoisotopic (exact) mass is 292 g/mol. The van der Waals surface area contributed by atoms with Gasteiger partial charge in [0, 0.05) is 6.20 Å². The summed E-state index contributed by atoms with van der Waals surface area (Å²) in [6.07, 6.45) is 1.54. The van der Waals surface area contributed by atoms with E-state index in [0.717, 1.165) is 0 Å². The molecule has 0 unspecified atom stereocenters. The second-order valence-corrected chi connectivity index (χ2v) is 5.32. The first-order chi connectivity index (χ1) is 9.68. The van der Waals surface area contributed by atoms with Gasteiger partial charge in [0.15, 0.2) is 0 Å². The number of pyridine rings is 1. The van der Waals surface area contributed by atoms with Crippen LogP contribution in [0.4, 0.5) is 14.6 Å². The van der Waals surface area contributed by atoms with Gasteiger partial charge in [-0.1, -0.05) is 12.1 Å². The predicted molar refractivity (Wildman–Crippen MR) is 73.3 cm³/mol. The zero-order valence-corrected chi connectivity index (χ0v) is 11.1. The maximum atomic E-state index is 13.9. The molecule has 1 atom stereocenters. The van der Waals surface area contributed by atoms with E-state index in [1.165, 1.54) is 34.9 Å². The molecule has 20 heavy (non-hydrogen) atoms. The summed E-state index contributed by atoms with van der Waals surface area (Å²) in [4.78, 5) is 17.4. The standard InChI is InChI=1S/C14H10F2N2OS/c15-9-4-3-5-10(16)13(9)14-18(12(19)8-20-14)11-6-1-2-7-17-11/h1-7,14H,8H2/t14-/m0/s1. The summed E-state index contributed by atoms with van der Waals surface area (Å²) in [6.45, 7) is 0. The first kappa shape index (κ1) is 13.1. The quantitative estimate of drug-likeness (QED) is 0.852. The minimum absolute atomic E-state index is 0.103. The van der Waals surface area contributed by atoms with Gasteiger partial charge < -0.3 is 0 Å². The number of rotatable bonds is 2. The van der Waals surface area contributed by atoms with E-state index < -0.39 is 17.0 Å². The molecular weight excluding hydrogens is 282 g/mol. The number of thioether (sulfide) groups is 1. The van der Waals surface area contributed by atoms with Crippen LogP contribution in [0.3, 0.4) is 0 Å². The highest BCUT2D eigenvalue weighted by molar-refractivity contribution is 8.00. The number of benzene rings is 1. The van der Waals surface area contributed by atoms with E-state index in [4.69, 9.17) is 0 Å². The van der Waals surface area contributed by atoms with Crippen molar-refractivity contribution in [3.05, 3.63) is 59.8 Å². The lowest BCUT2D eigenvalue weighted by Gasteiger charge is -2.23. The Hall–Kier alpha value is -1.95. The molecule has 3 rings (SSSR count). The topological polar surface area (TPSA) is 33.2 Å². The van der Waals surface area contributed by atoms with Gasteiger partial charge >= 0.3 is 0 Å². The largest absolute Gasteiger partial charge is 0.279 e. The highest BCUT2D eigenvalue weighted by Crippen LogP contribution is 2.42. The normalized spacial score (nSPS) is 18.6. The van der Waals surface area contributed by atoms with Gasteiger partial charge in [-0.2, -0.15) is 0 Å². The van der Waals surface area contributed by atoms with Crippen molar-refractivity contribution in [3.63, 3.8) is 0 Å². The van der Waals surface area contributed by atoms with Crippen LogP contribution in [0.2, 0.25) is 0 Å². The molecule has 0 saturated carbocycles. The third-order valence-corrected chi connectivity index (χ3v) is 4.19. The lowest BCUT2D eigenvalue weighted by Crippen LogP contribution is -2.29. The third kappa shape index (κ3) is 2.16. The third-order valence-electron chi connectivity index (χ3n) is 3.01. The zero-order chi connectivity index (χ0) is 14.1. The van der Waals surface area contributed by atoms with Crippen LogP contribution >= 0.6 is 11.8 Å². The van der Waals surface area contributed by atoms with Crippen molar-refractivity contribution >= 4 is 23.5 Å². The van der Waals surface area contributed by atoms with Crippen LogP contribution in [0.25, 0.3) is 0 Å². The molecule has 0 spiro atoms. The Balaban J connectivity index is 2.07. The molecule has 1 aliphatic rings. The Kier molecular flexibility index (Phi) is 3.40. The van der Waals surface area contributed by atoms with Gasteiger partial charge in [-0.15, -0.1) is 11.8 Å². The Morgan fingerprint density at radius 1 is 1.15 bits per heavy atom. The predicted octanol–water partition coefficient (Wildman–Crippen LogP) is 3.14. The second kappa shape index (κ2) is 5.20. The summed E-state index contributed by atoms with van der Waals surface area (Å²) in [7, 11) is 0. The van der Waals surface area contributed by atoms with Gasteiger partial charge in [-0.3, -0.25) is 9.69 Å². The van der Waals surface area contributed by atoms with Gasteiger partial charge in [0.25, 0.3) is 0 Å². The molecule has 6 heteroatoms. The Bertz CT molecular complexity index is 631. The molecule has 2 heterocycles.